The van der Waals surface area contributed by atoms with Gasteiger partial charge in [-0.3, -0.25) is 4.99 Å². The lowest BCUT2D eigenvalue weighted by Gasteiger charge is -2.36. The summed E-state index contributed by atoms with van der Waals surface area (Å²) >= 11 is 0. The molecule has 0 bridgehead atoms. The number of rotatable bonds is 2. The van der Waals surface area contributed by atoms with Crippen LogP contribution in [-0.4, -0.2) is 72.4 Å². The quantitative estimate of drug-likeness (QED) is 0.393. The number of nitrogens with zero attached hydrogens (tertiary/aromatic N) is 3. The first-order valence-electron chi connectivity index (χ1n) is 8.35. The van der Waals surface area contributed by atoms with Crippen LogP contribution in [0.25, 0.3) is 0 Å². The first-order chi connectivity index (χ1) is 10.7. The maximum absolute atomic E-state index is 12.0. The second-order valence-electron chi connectivity index (χ2n) is 7.53. The van der Waals surface area contributed by atoms with Crippen LogP contribution < -0.4 is 5.73 Å². The molecule has 2 aliphatic heterocycles. The average Bonchev–Trinajstić information content (AvgIpc) is 2.90. The number of ether oxygens (including phenoxy) is 2. The molecule has 0 saturated carbocycles. The van der Waals surface area contributed by atoms with Gasteiger partial charge in [-0.25, -0.2) is 4.79 Å². The molecule has 0 aromatic rings. The summed E-state index contributed by atoms with van der Waals surface area (Å²) in [7, 11) is 0. The van der Waals surface area contributed by atoms with Crippen LogP contribution in [0, 0.1) is 0 Å². The topological polar surface area (TPSA) is 80.4 Å². The van der Waals surface area contributed by atoms with Gasteiger partial charge >= 0.3 is 6.09 Å². The lowest BCUT2D eigenvalue weighted by molar-refractivity contribution is 0.0185. The van der Waals surface area contributed by atoms with E-state index in [-0.39, 0.29) is 35.7 Å². The standard InChI is InChI=1S/C16H30N4O3.HI/c1-15(2,3)23-14(21)20-9-7-19(8-10-20)13(17)18-12-16(4)6-5-11-22-16;/h5-12H2,1-4H3,(H2,17,18);1H. The molecule has 2 aliphatic rings. The van der Waals surface area contributed by atoms with Crippen LogP contribution in [0.4, 0.5) is 4.79 Å². The number of carbonyl (C=O) groups excluding carboxylic acids is 1. The third kappa shape index (κ3) is 6.27. The van der Waals surface area contributed by atoms with E-state index in [1.54, 1.807) is 4.90 Å². The number of guanidine groups is 1. The van der Waals surface area contributed by atoms with E-state index in [0.717, 1.165) is 19.4 Å². The van der Waals surface area contributed by atoms with E-state index < -0.39 is 5.60 Å². The van der Waals surface area contributed by atoms with Gasteiger partial charge in [0, 0.05) is 32.8 Å². The zero-order chi connectivity index (χ0) is 17.1. The Balaban J connectivity index is 0.00000288. The summed E-state index contributed by atoms with van der Waals surface area (Å²) in [5.74, 6) is 0.533. The van der Waals surface area contributed by atoms with Crippen molar-refractivity contribution in [2.75, 3.05) is 39.3 Å². The Hall–Kier alpha value is -0.770. The largest absolute Gasteiger partial charge is 0.444 e. The molecule has 7 nitrogen and oxygen atoms in total. The minimum atomic E-state index is -0.467. The minimum Gasteiger partial charge on any atom is -0.444 e. The van der Waals surface area contributed by atoms with Gasteiger partial charge in [-0.15, -0.1) is 24.0 Å². The zero-order valence-electron chi connectivity index (χ0n) is 15.2. The van der Waals surface area contributed by atoms with E-state index in [9.17, 15) is 4.79 Å². The molecule has 2 saturated heterocycles. The number of aliphatic imine (C=N–C) groups is 1. The molecule has 1 unspecified atom stereocenters. The zero-order valence-corrected chi connectivity index (χ0v) is 17.5. The van der Waals surface area contributed by atoms with E-state index >= 15 is 0 Å². The molecular weight excluding hydrogens is 423 g/mol. The van der Waals surface area contributed by atoms with Crippen molar-refractivity contribution in [3.63, 3.8) is 0 Å². The molecular formula is C16H31IN4O3. The van der Waals surface area contributed by atoms with Gasteiger partial charge in [0.2, 0.25) is 0 Å². The van der Waals surface area contributed by atoms with Gasteiger partial charge in [-0.05, 0) is 40.5 Å². The number of amides is 1. The fourth-order valence-corrected chi connectivity index (χ4v) is 2.75. The summed E-state index contributed by atoms with van der Waals surface area (Å²) in [6.45, 7) is 11.6. The minimum absolute atomic E-state index is 0. The molecule has 0 radical (unpaired) electrons. The van der Waals surface area contributed by atoms with Crippen LogP contribution in [0.5, 0.6) is 0 Å². The first-order valence-corrected chi connectivity index (χ1v) is 8.35. The van der Waals surface area contributed by atoms with Crippen molar-refractivity contribution in [3.05, 3.63) is 0 Å². The maximum atomic E-state index is 12.0. The number of halogens is 1. The SMILES string of the molecule is CC(C)(C)OC(=O)N1CCN(C(N)=NCC2(C)CCCO2)CC1.I. The van der Waals surface area contributed by atoms with E-state index in [0.29, 0.717) is 38.7 Å². The first kappa shape index (κ1) is 21.3. The smallest absolute Gasteiger partial charge is 0.410 e. The van der Waals surface area contributed by atoms with Gasteiger partial charge in [-0.1, -0.05) is 0 Å². The van der Waals surface area contributed by atoms with Gasteiger partial charge in [-0.2, -0.15) is 0 Å². The number of hydrogen-bond donors (Lipinski definition) is 1. The van der Waals surface area contributed by atoms with Crippen LogP contribution >= 0.6 is 24.0 Å². The van der Waals surface area contributed by atoms with Crippen molar-refractivity contribution < 1.29 is 14.3 Å². The summed E-state index contributed by atoms with van der Waals surface area (Å²) < 4.78 is 11.1. The summed E-state index contributed by atoms with van der Waals surface area (Å²) in [6.07, 6.45) is 1.84. The van der Waals surface area contributed by atoms with E-state index in [2.05, 4.69) is 11.9 Å². The molecule has 140 valence electrons. The van der Waals surface area contributed by atoms with Crippen molar-refractivity contribution in [1.29, 1.82) is 0 Å². The highest BCUT2D eigenvalue weighted by molar-refractivity contribution is 14.0. The van der Waals surface area contributed by atoms with Gasteiger partial charge in [0.25, 0.3) is 0 Å². The van der Waals surface area contributed by atoms with E-state index in [4.69, 9.17) is 15.2 Å². The highest BCUT2D eigenvalue weighted by Crippen LogP contribution is 2.25. The molecule has 0 aliphatic carbocycles. The van der Waals surface area contributed by atoms with Crippen molar-refractivity contribution in [1.82, 2.24) is 9.80 Å². The normalized spacial score (nSPS) is 25.4. The molecule has 2 rings (SSSR count). The van der Waals surface area contributed by atoms with Crippen LogP contribution in [0.3, 0.4) is 0 Å². The van der Waals surface area contributed by atoms with Crippen LogP contribution in [0.1, 0.15) is 40.5 Å². The van der Waals surface area contributed by atoms with Crippen LogP contribution in [0.15, 0.2) is 4.99 Å². The molecule has 8 heteroatoms. The second kappa shape index (κ2) is 8.55. The van der Waals surface area contributed by atoms with Gasteiger partial charge in [0.05, 0.1) is 12.1 Å². The van der Waals surface area contributed by atoms with Crippen molar-refractivity contribution in [2.45, 2.75) is 51.7 Å². The maximum Gasteiger partial charge on any atom is 0.410 e. The molecule has 2 N–H and O–H groups in total. The number of hydrogen-bond acceptors (Lipinski definition) is 4. The van der Waals surface area contributed by atoms with Crippen LogP contribution in [0.2, 0.25) is 0 Å². The molecule has 0 spiro atoms. The highest BCUT2D eigenvalue weighted by Gasteiger charge is 2.30. The third-order valence-electron chi connectivity index (χ3n) is 4.13. The van der Waals surface area contributed by atoms with Gasteiger partial charge < -0.3 is 25.0 Å². The van der Waals surface area contributed by atoms with Crippen molar-refractivity contribution >= 4 is 36.0 Å². The molecule has 2 fully saturated rings. The Morgan fingerprint density at radius 2 is 1.83 bits per heavy atom. The Bertz CT molecular complexity index is 451. The Labute approximate surface area is 161 Å². The predicted molar refractivity (Wildman–Crippen MR) is 105 cm³/mol. The molecule has 0 aromatic heterocycles. The average molecular weight is 454 g/mol. The van der Waals surface area contributed by atoms with Gasteiger partial charge in [0.15, 0.2) is 5.96 Å². The monoisotopic (exact) mass is 454 g/mol. The Morgan fingerprint density at radius 1 is 1.25 bits per heavy atom. The molecule has 2 heterocycles. The number of nitrogens with two attached hydrogens (primary N) is 1. The van der Waals surface area contributed by atoms with Crippen molar-refractivity contribution in [3.8, 4) is 0 Å². The summed E-state index contributed by atoms with van der Waals surface area (Å²) in [6, 6.07) is 0. The lowest BCUT2D eigenvalue weighted by atomic mass is 10.0. The number of piperazine rings is 1. The van der Waals surface area contributed by atoms with Crippen molar-refractivity contribution in [2.24, 2.45) is 10.7 Å². The number of carbonyl (C=O) groups is 1. The second-order valence-corrected chi connectivity index (χ2v) is 7.53. The third-order valence-corrected chi connectivity index (χ3v) is 4.13. The summed E-state index contributed by atoms with van der Waals surface area (Å²) in [4.78, 5) is 20.3. The lowest BCUT2D eigenvalue weighted by Crippen LogP contribution is -2.53. The Kier molecular flexibility index (Phi) is 7.58. The summed E-state index contributed by atoms with van der Waals surface area (Å²) in [5.41, 5.74) is 5.45. The van der Waals surface area contributed by atoms with E-state index in [1.165, 1.54) is 0 Å². The van der Waals surface area contributed by atoms with Crippen LogP contribution in [-0.2, 0) is 9.47 Å². The molecule has 1 amide bonds. The molecule has 1 atom stereocenters. The predicted octanol–water partition coefficient (Wildman–Crippen LogP) is 2.04. The molecule has 24 heavy (non-hydrogen) atoms. The Morgan fingerprint density at radius 3 is 2.33 bits per heavy atom. The highest BCUT2D eigenvalue weighted by atomic mass is 127. The fourth-order valence-electron chi connectivity index (χ4n) is 2.75. The molecule has 0 aromatic carbocycles. The summed E-state index contributed by atoms with van der Waals surface area (Å²) in [5, 5.41) is 0. The van der Waals surface area contributed by atoms with Gasteiger partial charge in [0.1, 0.15) is 5.60 Å². The fraction of sp³-hybridized carbons (Fsp3) is 0.875. The van der Waals surface area contributed by atoms with E-state index in [1.807, 2.05) is 25.7 Å².